The Balaban J connectivity index is 2.88. The molecule has 0 radical (unpaired) electrons. The molecule has 0 saturated heterocycles. The molecule has 0 aliphatic carbocycles. The van der Waals surface area contributed by atoms with Gasteiger partial charge in [0.25, 0.3) is 0 Å². The standard InChI is InChI=1S/C10H7FO2S/c11-8-4-5-9-7(6-8)2-1-3-10(9)14(12)13/h1-6,14H. The minimum absolute atomic E-state index is 0.234. The molecule has 0 aliphatic rings. The van der Waals surface area contributed by atoms with Crippen molar-refractivity contribution in [2.45, 2.75) is 4.90 Å². The highest BCUT2D eigenvalue weighted by molar-refractivity contribution is 7.72. The van der Waals surface area contributed by atoms with Crippen LogP contribution in [0, 0.1) is 5.82 Å². The van der Waals surface area contributed by atoms with Crippen molar-refractivity contribution in [3.8, 4) is 0 Å². The van der Waals surface area contributed by atoms with E-state index in [0.29, 0.717) is 10.8 Å². The molecule has 0 N–H and O–H groups in total. The topological polar surface area (TPSA) is 34.1 Å². The van der Waals surface area contributed by atoms with Gasteiger partial charge in [0.05, 0.1) is 4.90 Å². The Hall–Kier alpha value is -1.42. The van der Waals surface area contributed by atoms with Gasteiger partial charge in [-0.2, -0.15) is 0 Å². The van der Waals surface area contributed by atoms with Gasteiger partial charge < -0.3 is 0 Å². The Morgan fingerprint density at radius 2 is 1.86 bits per heavy atom. The predicted molar refractivity (Wildman–Crippen MR) is 52.5 cm³/mol. The van der Waals surface area contributed by atoms with Crippen molar-refractivity contribution in [3.05, 3.63) is 42.2 Å². The Bertz CT molecular complexity index is 553. The molecule has 0 spiro atoms. The maximum atomic E-state index is 12.8. The highest BCUT2D eigenvalue weighted by Crippen LogP contribution is 2.20. The first kappa shape index (κ1) is 9.15. The number of thiol groups is 1. The van der Waals surface area contributed by atoms with Crippen LogP contribution in [0.1, 0.15) is 0 Å². The zero-order chi connectivity index (χ0) is 10.1. The van der Waals surface area contributed by atoms with E-state index in [1.165, 1.54) is 24.3 Å². The Labute approximate surface area is 81.9 Å². The second-order valence-electron chi connectivity index (χ2n) is 2.90. The molecule has 0 bridgehead atoms. The minimum atomic E-state index is -2.63. The lowest BCUT2D eigenvalue weighted by molar-refractivity contribution is 0.615. The number of fused-ring (bicyclic) bond motifs is 1. The van der Waals surface area contributed by atoms with Crippen molar-refractivity contribution in [2.75, 3.05) is 0 Å². The van der Waals surface area contributed by atoms with Crippen LogP contribution in [0.5, 0.6) is 0 Å². The number of hydrogen-bond acceptors (Lipinski definition) is 2. The van der Waals surface area contributed by atoms with Crippen molar-refractivity contribution in [1.82, 2.24) is 0 Å². The normalized spacial score (nSPS) is 11.0. The number of halogens is 1. The summed E-state index contributed by atoms with van der Waals surface area (Å²) >= 11 is 0. The smallest absolute Gasteiger partial charge is 0.168 e. The van der Waals surface area contributed by atoms with Gasteiger partial charge in [0.15, 0.2) is 10.7 Å². The van der Waals surface area contributed by atoms with Crippen molar-refractivity contribution < 1.29 is 12.8 Å². The second kappa shape index (κ2) is 3.38. The molecule has 2 aromatic rings. The molecular formula is C10H7FO2S. The Kier molecular flexibility index (Phi) is 2.21. The lowest BCUT2D eigenvalue weighted by Crippen LogP contribution is -1.84. The fourth-order valence-corrected chi connectivity index (χ4v) is 2.00. The minimum Gasteiger partial charge on any atom is -0.227 e. The van der Waals surface area contributed by atoms with Gasteiger partial charge in [-0.15, -0.1) is 0 Å². The Morgan fingerprint density at radius 1 is 1.07 bits per heavy atom. The molecule has 0 saturated carbocycles. The lowest BCUT2D eigenvalue weighted by Gasteiger charge is -1.99. The first-order chi connectivity index (χ1) is 6.68. The van der Waals surface area contributed by atoms with Gasteiger partial charge in [-0.1, -0.05) is 18.2 Å². The van der Waals surface area contributed by atoms with Crippen LogP contribution in [-0.4, -0.2) is 8.42 Å². The quantitative estimate of drug-likeness (QED) is 0.730. The summed E-state index contributed by atoms with van der Waals surface area (Å²) in [6.07, 6.45) is 0. The van der Waals surface area contributed by atoms with Crippen LogP contribution in [0.25, 0.3) is 10.8 Å². The van der Waals surface area contributed by atoms with Crippen LogP contribution < -0.4 is 0 Å². The first-order valence-electron chi connectivity index (χ1n) is 4.01. The van der Waals surface area contributed by atoms with E-state index in [1.54, 1.807) is 12.1 Å². The molecule has 0 atom stereocenters. The monoisotopic (exact) mass is 210 g/mol. The van der Waals surface area contributed by atoms with E-state index >= 15 is 0 Å². The molecule has 0 aliphatic heterocycles. The fourth-order valence-electron chi connectivity index (χ4n) is 1.40. The van der Waals surface area contributed by atoms with Gasteiger partial charge in [0, 0.05) is 5.39 Å². The summed E-state index contributed by atoms with van der Waals surface area (Å²) in [5.41, 5.74) is 0. The van der Waals surface area contributed by atoms with Gasteiger partial charge in [-0.25, -0.2) is 12.8 Å². The van der Waals surface area contributed by atoms with E-state index in [0.717, 1.165) is 0 Å². The van der Waals surface area contributed by atoms with Crippen LogP contribution in [-0.2, 0) is 10.7 Å². The molecule has 2 nitrogen and oxygen atoms in total. The average Bonchev–Trinajstić information content (AvgIpc) is 2.16. The lowest BCUT2D eigenvalue weighted by atomic mass is 10.1. The highest BCUT2D eigenvalue weighted by atomic mass is 32.2. The van der Waals surface area contributed by atoms with Gasteiger partial charge in [-0.3, -0.25) is 0 Å². The SMILES string of the molecule is O=[SH](=O)c1cccc2cc(F)ccc12. The third kappa shape index (κ3) is 1.48. The molecule has 0 unspecified atom stereocenters. The van der Waals surface area contributed by atoms with Gasteiger partial charge >= 0.3 is 0 Å². The van der Waals surface area contributed by atoms with E-state index in [-0.39, 0.29) is 10.7 Å². The molecular weight excluding hydrogens is 203 g/mol. The molecule has 0 heterocycles. The zero-order valence-electron chi connectivity index (χ0n) is 7.11. The average molecular weight is 210 g/mol. The summed E-state index contributed by atoms with van der Waals surface area (Å²) < 4.78 is 34.5. The molecule has 2 rings (SSSR count). The van der Waals surface area contributed by atoms with E-state index in [9.17, 15) is 12.8 Å². The molecule has 0 aromatic heterocycles. The maximum Gasteiger partial charge on any atom is 0.168 e. The van der Waals surface area contributed by atoms with Gasteiger partial charge in [0.1, 0.15) is 5.82 Å². The van der Waals surface area contributed by atoms with E-state index < -0.39 is 10.7 Å². The number of hydrogen-bond donors (Lipinski definition) is 1. The number of rotatable bonds is 1. The van der Waals surface area contributed by atoms with Crippen LogP contribution in [0.3, 0.4) is 0 Å². The van der Waals surface area contributed by atoms with Crippen molar-refractivity contribution in [1.29, 1.82) is 0 Å². The highest BCUT2D eigenvalue weighted by Gasteiger charge is 2.02. The second-order valence-corrected chi connectivity index (χ2v) is 3.90. The van der Waals surface area contributed by atoms with E-state index in [4.69, 9.17) is 0 Å². The third-order valence-electron chi connectivity index (χ3n) is 2.02. The number of benzene rings is 2. The van der Waals surface area contributed by atoms with Crippen molar-refractivity contribution >= 4 is 21.5 Å². The van der Waals surface area contributed by atoms with Crippen LogP contribution in [0.15, 0.2) is 41.3 Å². The van der Waals surface area contributed by atoms with Crippen LogP contribution in [0.2, 0.25) is 0 Å². The van der Waals surface area contributed by atoms with Crippen LogP contribution >= 0.6 is 0 Å². The predicted octanol–water partition coefficient (Wildman–Crippen LogP) is 1.95. The largest absolute Gasteiger partial charge is 0.227 e. The summed E-state index contributed by atoms with van der Waals surface area (Å²) in [5.74, 6) is -0.365. The molecule has 0 fully saturated rings. The van der Waals surface area contributed by atoms with E-state index in [1.807, 2.05) is 0 Å². The zero-order valence-corrected chi connectivity index (χ0v) is 8.00. The third-order valence-corrected chi connectivity index (χ3v) is 2.80. The molecule has 2 aromatic carbocycles. The molecule has 0 amide bonds. The van der Waals surface area contributed by atoms with Crippen LogP contribution in [0.4, 0.5) is 4.39 Å². The summed E-state index contributed by atoms with van der Waals surface area (Å²) in [5, 5.41) is 1.16. The molecule has 14 heavy (non-hydrogen) atoms. The summed E-state index contributed by atoms with van der Waals surface area (Å²) in [7, 11) is -2.63. The summed E-state index contributed by atoms with van der Waals surface area (Å²) in [4.78, 5) is 0.234. The van der Waals surface area contributed by atoms with Gasteiger partial charge in [-0.05, 0) is 23.6 Å². The molecule has 72 valence electrons. The van der Waals surface area contributed by atoms with Gasteiger partial charge in [0.2, 0.25) is 0 Å². The maximum absolute atomic E-state index is 12.8. The Morgan fingerprint density at radius 3 is 2.57 bits per heavy atom. The van der Waals surface area contributed by atoms with Crippen molar-refractivity contribution in [2.24, 2.45) is 0 Å². The summed E-state index contributed by atoms with van der Waals surface area (Å²) in [6.45, 7) is 0. The summed E-state index contributed by atoms with van der Waals surface area (Å²) in [6, 6.07) is 8.84. The van der Waals surface area contributed by atoms with E-state index in [2.05, 4.69) is 0 Å². The first-order valence-corrected chi connectivity index (χ1v) is 5.19. The molecule has 4 heteroatoms. The fraction of sp³-hybridized carbons (Fsp3) is 0. The van der Waals surface area contributed by atoms with Crippen molar-refractivity contribution in [3.63, 3.8) is 0 Å².